The van der Waals surface area contributed by atoms with Crippen LogP contribution in [-0.2, 0) is 6.54 Å². The minimum Gasteiger partial charge on any atom is -0.332 e. The van der Waals surface area contributed by atoms with Crippen molar-refractivity contribution >= 4 is 17.4 Å². The first-order valence-electron chi connectivity index (χ1n) is 7.48. The van der Waals surface area contributed by atoms with E-state index in [-0.39, 0.29) is 12.1 Å². The molecule has 1 unspecified atom stereocenters. The van der Waals surface area contributed by atoms with Crippen molar-refractivity contribution in [3.63, 3.8) is 0 Å². The molecule has 0 saturated carbocycles. The molecule has 0 aliphatic rings. The molecule has 0 bridgehead atoms. The molecule has 0 spiro atoms. The summed E-state index contributed by atoms with van der Waals surface area (Å²) >= 11 is 1.52. The highest BCUT2D eigenvalue weighted by molar-refractivity contribution is 7.07. The lowest BCUT2D eigenvalue weighted by Crippen LogP contribution is -2.38. The maximum absolute atomic E-state index is 12.3. The quantitative estimate of drug-likeness (QED) is 0.773. The molecule has 2 heterocycles. The molecule has 3 aromatic rings. The van der Waals surface area contributed by atoms with Gasteiger partial charge in [-0.05, 0) is 24.6 Å². The first kappa shape index (κ1) is 16.1. The number of amides is 2. The molecule has 0 aliphatic carbocycles. The molecule has 1 aromatic carbocycles. The van der Waals surface area contributed by atoms with Crippen molar-refractivity contribution in [2.45, 2.75) is 19.5 Å². The van der Waals surface area contributed by atoms with Crippen LogP contribution in [-0.4, -0.2) is 37.7 Å². The molecule has 24 heavy (non-hydrogen) atoms. The Bertz CT molecular complexity index is 770. The van der Waals surface area contributed by atoms with Gasteiger partial charge < -0.3 is 10.2 Å². The summed E-state index contributed by atoms with van der Waals surface area (Å²) in [6.45, 7) is 2.43. The minimum atomic E-state index is -0.129. The van der Waals surface area contributed by atoms with E-state index >= 15 is 0 Å². The first-order valence-corrected chi connectivity index (χ1v) is 8.42. The van der Waals surface area contributed by atoms with E-state index in [0.717, 1.165) is 16.9 Å². The standard InChI is InChI=1S/C16H18N6OS/c1-12(21(2)16(23)18-7-14-8-24-11-19-14)13-3-5-15(6-4-13)22-10-17-9-20-22/h3-6,8-12H,7H2,1-2H3,(H,18,23). The van der Waals surface area contributed by atoms with Crippen LogP contribution in [0.1, 0.15) is 24.2 Å². The van der Waals surface area contributed by atoms with Gasteiger partial charge in [0.2, 0.25) is 0 Å². The van der Waals surface area contributed by atoms with Gasteiger partial charge in [-0.1, -0.05) is 12.1 Å². The molecule has 2 amide bonds. The zero-order valence-electron chi connectivity index (χ0n) is 13.5. The highest BCUT2D eigenvalue weighted by atomic mass is 32.1. The van der Waals surface area contributed by atoms with Crippen molar-refractivity contribution in [1.29, 1.82) is 0 Å². The van der Waals surface area contributed by atoms with Crippen LogP contribution in [0.4, 0.5) is 4.79 Å². The van der Waals surface area contributed by atoms with Crippen LogP contribution in [0, 0.1) is 0 Å². The van der Waals surface area contributed by atoms with Gasteiger partial charge in [-0.25, -0.2) is 19.4 Å². The van der Waals surface area contributed by atoms with Gasteiger partial charge in [0.15, 0.2) is 0 Å². The summed E-state index contributed by atoms with van der Waals surface area (Å²) in [7, 11) is 1.78. The van der Waals surface area contributed by atoms with E-state index in [9.17, 15) is 4.79 Å². The second kappa shape index (κ2) is 7.22. The minimum absolute atomic E-state index is 0.0507. The number of nitrogens with one attached hydrogen (secondary N) is 1. The molecular formula is C16H18N6OS. The third-order valence-electron chi connectivity index (χ3n) is 3.86. The van der Waals surface area contributed by atoms with Crippen LogP contribution in [0.5, 0.6) is 0 Å². The highest BCUT2D eigenvalue weighted by Gasteiger charge is 2.17. The number of urea groups is 1. The lowest BCUT2D eigenvalue weighted by Gasteiger charge is -2.25. The summed E-state index contributed by atoms with van der Waals surface area (Å²) in [5.41, 5.74) is 4.60. The fraction of sp³-hybridized carbons (Fsp3) is 0.250. The van der Waals surface area contributed by atoms with E-state index in [1.807, 2.05) is 36.6 Å². The van der Waals surface area contributed by atoms with Crippen LogP contribution in [0.25, 0.3) is 5.69 Å². The second-order valence-corrected chi connectivity index (χ2v) is 6.08. The molecule has 2 aromatic heterocycles. The summed E-state index contributed by atoms with van der Waals surface area (Å²) in [5.74, 6) is 0. The van der Waals surface area contributed by atoms with Gasteiger partial charge in [0.25, 0.3) is 0 Å². The van der Waals surface area contributed by atoms with Crippen LogP contribution < -0.4 is 5.32 Å². The number of aromatic nitrogens is 4. The Morgan fingerprint density at radius 2 is 2.17 bits per heavy atom. The maximum atomic E-state index is 12.3. The summed E-state index contributed by atoms with van der Waals surface area (Å²) in [4.78, 5) is 22.0. The number of carbonyl (C=O) groups is 1. The van der Waals surface area contributed by atoms with Crippen molar-refractivity contribution in [3.05, 3.63) is 59.1 Å². The lowest BCUT2D eigenvalue weighted by molar-refractivity contribution is 0.194. The molecule has 124 valence electrons. The molecule has 8 heteroatoms. The third-order valence-corrected chi connectivity index (χ3v) is 4.50. The average Bonchev–Trinajstić information content (AvgIpc) is 3.32. The fourth-order valence-electron chi connectivity index (χ4n) is 2.26. The lowest BCUT2D eigenvalue weighted by atomic mass is 10.1. The first-order chi connectivity index (χ1) is 11.6. The fourth-order valence-corrected chi connectivity index (χ4v) is 2.82. The molecule has 0 saturated heterocycles. The normalized spacial score (nSPS) is 11.9. The SMILES string of the molecule is CC(c1ccc(-n2cncn2)cc1)N(C)C(=O)NCc1cscn1. The molecule has 7 nitrogen and oxygen atoms in total. The predicted molar refractivity (Wildman–Crippen MR) is 91.9 cm³/mol. The van der Waals surface area contributed by atoms with E-state index in [1.165, 1.54) is 17.7 Å². The number of carbonyl (C=O) groups excluding carboxylic acids is 1. The number of nitrogens with zero attached hydrogens (tertiary/aromatic N) is 5. The van der Waals surface area contributed by atoms with E-state index in [0.29, 0.717) is 6.54 Å². The van der Waals surface area contributed by atoms with Gasteiger partial charge in [-0.2, -0.15) is 5.10 Å². The van der Waals surface area contributed by atoms with E-state index in [2.05, 4.69) is 20.4 Å². The van der Waals surface area contributed by atoms with Crippen molar-refractivity contribution in [2.24, 2.45) is 0 Å². The zero-order valence-corrected chi connectivity index (χ0v) is 14.3. The number of hydrogen-bond acceptors (Lipinski definition) is 5. The predicted octanol–water partition coefficient (Wildman–Crippen LogP) is 2.63. The van der Waals surface area contributed by atoms with Gasteiger partial charge >= 0.3 is 6.03 Å². The summed E-state index contributed by atoms with van der Waals surface area (Å²) in [5, 5.41) is 8.90. The van der Waals surface area contributed by atoms with Crippen molar-refractivity contribution in [3.8, 4) is 5.69 Å². The Hall–Kier alpha value is -2.74. The third kappa shape index (κ3) is 3.60. The van der Waals surface area contributed by atoms with Crippen LogP contribution in [0.2, 0.25) is 0 Å². The van der Waals surface area contributed by atoms with E-state index < -0.39 is 0 Å². The molecule has 0 aliphatic heterocycles. The number of thiazole rings is 1. The highest BCUT2D eigenvalue weighted by Crippen LogP contribution is 2.20. The molecule has 0 radical (unpaired) electrons. The Morgan fingerprint density at radius 1 is 1.38 bits per heavy atom. The number of hydrogen-bond donors (Lipinski definition) is 1. The van der Waals surface area contributed by atoms with Crippen LogP contribution in [0.3, 0.4) is 0 Å². The zero-order chi connectivity index (χ0) is 16.9. The van der Waals surface area contributed by atoms with Gasteiger partial charge in [-0.15, -0.1) is 11.3 Å². The molecule has 3 rings (SSSR count). The average molecular weight is 342 g/mol. The Morgan fingerprint density at radius 3 is 2.79 bits per heavy atom. The van der Waals surface area contributed by atoms with Gasteiger partial charge in [-0.3, -0.25) is 0 Å². The van der Waals surface area contributed by atoms with Crippen molar-refractivity contribution in [2.75, 3.05) is 7.05 Å². The Kier molecular flexibility index (Phi) is 4.85. The van der Waals surface area contributed by atoms with Gasteiger partial charge in [0, 0.05) is 12.4 Å². The van der Waals surface area contributed by atoms with E-state index in [4.69, 9.17) is 0 Å². The summed E-state index contributed by atoms with van der Waals surface area (Å²) < 4.78 is 1.69. The molecule has 1 atom stereocenters. The maximum Gasteiger partial charge on any atom is 0.317 e. The topological polar surface area (TPSA) is 75.9 Å². The summed E-state index contributed by atoms with van der Waals surface area (Å²) in [6.07, 6.45) is 3.15. The second-order valence-electron chi connectivity index (χ2n) is 5.36. The Balaban J connectivity index is 1.62. The van der Waals surface area contributed by atoms with Crippen LogP contribution >= 0.6 is 11.3 Å². The molecular weight excluding hydrogens is 324 g/mol. The smallest absolute Gasteiger partial charge is 0.317 e. The van der Waals surface area contributed by atoms with Crippen molar-refractivity contribution in [1.82, 2.24) is 30.0 Å². The van der Waals surface area contributed by atoms with Crippen LogP contribution in [0.15, 0.2) is 47.8 Å². The molecule has 1 N–H and O–H groups in total. The molecule has 0 fully saturated rings. The van der Waals surface area contributed by atoms with Crippen molar-refractivity contribution < 1.29 is 4.79 Å². The summed E-state index contributed by atoms with van der Waals surface area (Å²) in [6, 6.07) is 7.72. The number of benzene rings is 1. The monoisotopic (exact) mass is 342 g/mol. The largest absolute Gasteiger partial charge is 0.332 e. The number of rotatable bonds is 5. The van der Waals surface area contributed by atoms with E-state index in [1.54, 1.807) is 28.5 Å². The van der Waals surface area contributed by atoms with Gasteiger partial charge in [0.05, 0.1) is 29.5 Å². The van der Waals surface area contributed by atoms with Gasteiger partial charge in [0.1, 0.15) is 12.7 Å². The Labute approximate surface area is 144 Å².